The number of aryl methyl sites for hydroxylation is 1. The molecule has 1 N–H and O–H groups in total. The Hall–Kier alpha value is -2.00. The normalized spacial score (nSPS) is 11.1. The second-order valence-electron chi connectivity index (χ2n) is 4.72. The van der Waals surface area contributed by atoms with Crippen molar-refractivity contribution in [3.63, 3.8) is 0 Å². The molecule has 3 aromatic rings. The van der Waals surface area contributed by atoms with E-state index in [0.717, 1.165) is 29.0 Å². The Morgan fingerprint density at radius 2 is 2.00 bits per heavy atom. The van der Waals surface area contributed by atoms with Gasteiger partial charge in [-0.1, -0.05) is 29.8 Å². The molecule has 0 aliphatic heterocycles. The summed E-state index contributed by atoms with van der Waals surface area (Å²) in [6, 6.07) is 13.4. The monoisotopic (exact) mass is 286 g/mol. The molecule has 0 aliphatic carbocycles. The Bertz CT molecular complexity index is 764. The first-order chi connectivity index (χ1) is 9.69. The molecule has 0 amide bonds. The lowest BCUT2D eigenvalue weighted by Gasteiger charge is -2.07. The van der Waals surface area contributed by atoms with Crippen LogP contribution in [0, 0.1) is 0 Å². The minimum absolute atomic E-state index is 0.114. The van der Waals surface area contributed by atoms with Crippen molar-refractivity contribution in [2.45, 2.75) is 19.9 Å². The van der Waals surface area contributed by atoms with Crippen molar-refractivity contribution >= 4 is 22.6 Å². The first-order valence-corrected chi connectivity index (χ1v) is 6.98. The van der Waals surface area contributed by atoms with Gasteiger partial charge in [0, 0.05) is 13.0 Å². The van der Waals surface area contributed by atoms with Crippen LogP contribution in [-0.4, -0.2) is 14.7 Å². The van der Waals surface area contributed by atoms with E-state index in [2.05, 4.69) is 22.5 Å². The van der Waals surface area contributed by atoms with Crippen molar-refractivity contribution in [1.82, 2.24) is 9.55 Å². The van der Waals surface area contributed by atoms with Crippen LogP contribution in [-0.2, 0) is 13.0 Å². The maximum Gasteiger partial charge on any atom is 0.134 e. The van der Waals surface area contributed by atoms with Gasteiger partial charge >= 0.3 is 0 Å². The van der Waals surface area contributed by atoms with Crippen LogP contribution in [0.3, 0.4) is 0 Å². The van der Waals surface area contributed by atoms with Crippen molar-refractivity contribution in [1.29, 1.82) is 0 Å². The molecule has 0 saturated heterocycles. The zero-order valence-corrected chi connectivity index (χ0v) is 11.9. The summed E-state index contributed by atoms with van der Waals surface area (Å²) in [5.41, 5.74) is 3.14. The first-order valence-electron chi connectivity index (χ1n) is 6.60. The third-order valence-electron chi connectivity index (χ3n) is 3.42. The standard InChI is InChI=1S/C16H15ClN2O/c1-2-19-14-6-4-3-5-13(14)18-16(19)10-11-7-8-12(17)15(20)9-11/h3-9,20H,2,10H2,1H3. The van der Waals surface area contributed by atoms with Crippen molar-refractivity contribution in [2.24, 2.45) is 0 Å². The number of nitrogens with zero attached hydrogens (tertiary/aromatic N) is 2. The third-order valence-corrected chi connectivity index (χ3v) is 3.74. The van der Waals surface area contributed by atoms with Gasteiger partial charge < -0.3 is 9.67 Å². The van der Waals surface area contributed by atoms with E-state index in [4.69, 9.17) is 11.6 Å². The third kappa shape index (κ3) is 2.25. The highest BCUT2D eigenvalue weighted by atomic mass is 35.5. The summed E-state index contributed by atoms with van der Waals surface area (Å²) in [7, 11) is 0. The molecule has 0 radical (unpaired) electrons. The average molecular weight is 287 g/mol. The van der Waals surface area contributed by atoms with E-state index in [1.807, 2.05) is 24.3 Å². The fraction of sp³-hybridized carbons (Fsp3) is 0.188. The van der Waals surface area contributed by atoms with Crippen LogP contribution in [0.4, 0.5) is 0 Å². The fourth-order valence-electron chi connectivity index (χ4n) is 2.46. The summed E-state index contributed by atoms with van der Waals surface area (Å²) in [6.07, 6.45) is 0.674. The van der Waals surface area contributed by atoms with E-state index in [1.165, 1.54) is 0 Å². The number of imidazole rings is 1. The molecule has 3 nitrogen and oxygen atoms in total. The Morgan fingerprint density at radius 1 is 1.20 bits per heavy atom. The van der Waals surface area contributed by atoms with Crippen LogP contribution in [0.15, 0.2) is 42.5 Å². The first kappa shape index (κ1) is 13.0. The number of aromatic hydroxyl groups is 1. The van der Waals surface area contributed by atoms with Crippen LogP contribution in [0.5, 0.6) is 5.75 Å². The number of rotatable bonds is 3. The Morgan fingerprint density at radius 3 is 2.75 bits per heavy atom. The molecular weight excluding hydrogens is 272 g/mol. The smallest absolute Gasteiger partial charge is 0.134 e. The Kier molecular flexibility index (Phi) is 3.36. The molecule has 0 unspecified atom stereocenters. The predicted molar refractivity (Wildman–Crippen MR) is 81.3 cm³/mol. The van der Waals surface area contributed by atoms with Gasteiger partial charge in [-0.25, -0.2) is 4.98 Å². The van der Waals surface area contributed by atoms with Crippen LogP contribution in [0.2, 0.25) is 5.02 Å². The van der Waals surface area contributed by atoms with Gasteiger partial charge in [0.15, 0.2) is 0 Å². The van der Waals surface area contributed by atoms with Gasteiger partial charge in [-0.15, -0.1) is 0 Å². The van der Waals surface area contributed by atoms with Crippen molar-refractivity contribution in [3.8, 4) is 5.75 Å². The summed E-state index contributed by atoms with van der Waals surface area (Å²) in [4.78, 5) is 4.68. The highest BCUT2D eigenvalue weighted by molar-refractivity contribution is 6.32. The van der Waals surface area contributed by atoms with E-state index < -0.39 is 0 Å². The molecule has 0 bridgehead atoms. The van der Waals surface area contributed by atoms with Gasteiger partial charge in [-0.3, -0.25) is 0 Å². The average Bonchev–Trinajstić information content (AvgIpc) is 2.80. The van der Waals surface area contributed by atoms with E-state index >= 15 is 0 Å². The van der Waals surface area contributed by atoms with Crippen LogP contribution < -0.4 is 0 Å². The molecule has 2 aromatic carbocycles. The number of hydrogen-bond donors (Lipinski definition) is 1. The van der Waals surface area contributed by atoms with Crippen LogP contribution in [0.1, 0.15) is 18.3 Å². The van der Waals surface area contributed by atoms with Gasteiger partial charge in [-0.05, 0) is 36.8 Å². The number of para-hydroxylation sites is 2. The lowest BCUT2D eigenvalue weighted by Crippen LogP contribution is -2.02. The summed E-state index contributed by atoms with van der Waals surface area (Å²) in [5.74, 6) is 1.11. The molecule has 1 heterocycles. The molecular formula is C16H15ClN2O. The van der Waals surface area contributed by atoms with E-state index in [1.54, 1.807) is 12.1 Å². The highest BCUT2D eigenvalue weighted by Gasteiger charge is 2.10. The number of hydrogen-bond acceptors (Lipinski definition) is 2. The Labute approximate surface area is 122 Å². The molecule has 0 aliphatic rings. The molecule has 0 atom stereocenters. The highest BCUT2D eigenvalue weighted by Crippen LogP contribution is 2.25. The van der Waals surface area contributed by atoms with Gasteiger partial charge in [-0.2, -0.15) is 0 Å². The molecule has 0 spiro atoms. The number of halogens is 1. The van der Waals surface area contributed by atoms with Crippen molar-refractivity contribution in [3.05, 3.63) is 58.9 Å². The molecule has 3 rings (SSSR count). The van der Waals surface area contributed by atoms with Crippen molar-refractivity contribution < 1.29 is 5.11 Å². The van der Waals surface area contributed by atoms with Gasteiger partial charge in [0.1, 0.15) is 11.6 Å². The molecule has 1 aromatic heterocycles. The second-order valence-corrected chi connectivity index (χ2v) is 5.13. The lowest BCUT2D eigenvalue weighted by atomic mass is 10.1. The number of benzene rings is 2. The second kappa shape index (κ2) is 5.17. The Balaban J connectivity index is 2.03. The minimum atomic E-state index is 0.114. The minimum Gasteiger partial charge on any atom is -0.506 e. The zero-order valence-electron chi connectivity index (χ0n) is 11.2. The number of phenolic OH excluding ortho intramolecular Hbond substituents is 1. The number of phenols is 1. The largest absolute Gasteiger partial charge is 0.506 e. The predicted octanol–water partition coefficient (Wildman–Crippen LogP) is 4.01. The van der Waals surface area contributed by atoms with E-state index in [0.29, 0.717) is 11.4 Å². The van der Waals surface area contributed by atoms with Crippen LogP contribution >= 0.6 is 11.6 Å². The number of aromatic nitrogens is 2. The molecule has 0 saturated carbocycles. The van der Waals surface area contributed by atoms with Gasteiger partial charge in [0.05, 0.1) is 16.1 Å². The molecule has 20 heavy (non-hydrogen) atoms. The quantitative estimate of drug-likeness (QED) is 0.790. The molecule has 4 heteroatoms. The summed E-state index contributed by atoms with van der Waals surface area (Å²) in [6.45, 7) is 2.98. The maximum absolute atomic E-state index is 9.69. The van der Waals surface area contributed by atoms with E-state index in [-0.39, 0.29) is 5.75 Å². The molecule has 102 valence electrons. The topological polar surface area (TPSA) is 38.0 Å². The molecule has 0 fully saturated rings. The van der Waals surface area contributed by atoms with E-state index in [9.17, 15) is 5.11 Å². The summed E-state index contributed by atoms with van der Waals surface area (Å²) < 4.78 is 2.20. The van der Waals surface area contributed by atoms with Crippen molar-refractivity contribution in [2.75, 3.05) is 0 Å². The van der Waals surface area contributed by atoms with Crippen LogP contribution in [0.25, 0.3) is 11.0 Å². The maximum atomic E-state index is 9.69. The zero-order chi connectivity index (χ0) is 14.1. The fourth-order valence-corrected chi connectivity index (χ4v) is 2.58. The summed E-state index contributed by atoms with van der Waals surface area (Å²) >= 11 is 5.84. The number of fused-ring (bicyclic) bond motifs is 1. The summed E-state index contributed by atoms with van der Waals surface area (Å²) in [5, 5.41) is 10.1. The lowest BCUT2D eigenvalue weighted by molar-refractivity contribution is 0.475. The van der Waals surface area contributed by atoms with Gasteiger partial charge in [0.25, 0.3) is 0 Å². The van der Waals surface area contributed by atoms with Gasteiger partial charge in [0.2, 0.25) is 0 Å². The SMILES string of the molecule is CCn1c(Cc2ccc(Cl)c(O)c2)nc2ccccc21.